The number of benzene rings is 2. The number of halogens is 2. The van der Waals surface area contributed by atoms with E-state index in [1.165, 1.54) is 12.1 Å². The van der Waals surface area contributed by atoms with E-state index in [1.807, 2.05) is 6.07 Å². The van der Waals surface area contributed by atoms with Gasteiger partial charge in [0.25, 0.3) is 0 Å². The molecule has 1 atom stereocenters. The molecule has 4 heteroatoms. The monoisotopic (exact) mass is 276 g/mol. The van der Waals surface area contributed by atoms with Crippen molar-refractivity contribution in [1.29, 1.82) is 0 Å². The van der Waals surface area contributed by atoms with Crippen molar-refractivity contribution in [2.45, 2.75) is 6.10 Å². The van der Waals surface area contributed by atoms with Gasteiger partial charge in [-0.25, -0.2) is 4.39 Å². The molecule has 0 radical (unpaired) electrons. The fourth-order valence-electron chi connectivity index (χ4n) is 2.03. The lowest BCUT2D eigenvalue weighted by Gasteiger charge is -2.08. The van der Waals surface area contributed by atoms with Crippen LogP contribution < -0.4 is 0 Å². The lowest BCUT2D eigenvalue weighted by Crippen LogP contribution is -2.00. The van der Waals surface area contributed by atoms with E-state index < -0.39 is 11.9 Å². The Morgan fingerprint density at radius 2 is 1.89 bits per heavy atom. The molecule has 1 N–H and O–H groups in total. The first-order valence-electron chi connectivity index (χ1n) is 5.77. The first kappa shape index (κ1) is 12.2. The van der Waals surface area contributed by atoms with Crippen LogP contribution in [0.15, 0.2) is 52.9 Å². The topological polar surface area (TPSA) is 33.4 Å². The second kappa shape index (κ2) is 4.68. The summed E-state index contributed by atoms with van der Waals surface area (Å²) in [6, 6.07) is 13.0. The minimum absolute atomic E-state index is 0.178. The molecular formula is C15H10ClFO2. The number of hydrogen-bond acceptors (Lipinski definition) is 2. The predicted octanol–water partition coefficient (Wildman–Crippen LogP) is 4.31. The molecule has 96 valence electrons. The number of furan rings is 1. The van der Waals surface area contributed by atoms with Gasteiger partial charge in [0.2, 0.25) is 0 Å². The van der Waals surface area contributed by atoms with E-state index in [0.717, 1.165) is 5.39 Å². The largest absolute Gasteiger partial charge is 0.456 e. The first-order chi connectivity index (χ1) is 9.16. The van der Waals surface area contributed by atoms with E-state index in [1.54, 1.807) is 30.3 Å². The third-order valence-electron chi connectivity index (χ3n) is 2.98. The molecular weight excluding hydrogens is 267 g/mol. The summed E-state index contributed by atoms with van der Waals surface area (Å²) in [6.07, 6.45) is -1.15. The Kier molecular flexibility index (Phi) is 3.01. The molecule has 0 aliphatic rings. The van der Waals surface area contributed by atoms with Gasteiger partial charge in [-0.05, 0) is 18.2 Å². The van der Waals surface area contributed by atoms with Crippen molar-refractivity contribution in [1.82, 2.24) is 0 Å². The maximum Gasteiger partial charge on any atom is 0.153 e. The van der Waals surface area contributed by atoms with Gasteiger partial charge in [0.15, 0.2) is 5.58 Å². The van der Waals surface area contributed by atoms with Crippen molar-refractivity contribution < 1.29 is 13.9 Å². The highest BCUT2D eigenvalue weighted by Crippen LogP contribution is 2.32. The summed E-state index contributed by atoms with van der Waals surface area (Å²) in [5.41, 5.74) is 0.673. The van der Waals surface area contributed by atoms with Crippen LogP contribution in [0, 0.1) is 5.82 Å². The molecule has 19 heavy (non-hydrogen) atoms. The van der Waals surface area contributed by atoms with Gasteiger partial charge in [0.1, 0.15) is 17.7 Å². The van der Waals surface area contributed by atoms with E-state index in [0.29, 0.717) is 10.6 Å². The summed E-state index contributed by atoms with van der Waals surface area (Å²) < 4.78 is 19.2. The average molecular weight is 277 g/mol. The van der Waals surface area contributed by atoms with E-state index in [9.17, 15) is 9.50 Å². The summed E-state index contributed by atoms with van der Waals surface area (Å²) in [4.78, 5) is 0. The molecule has 1 heterocycles. The second-order valence-corrected chi connectivity index (χ2v) is 4.64. The minimum Gasteiger partial charge on any atom is -0.456 e. The summed E-state index contributed by atoms with van der Waals surface area (Å²) in [5, 5.41) is 11.4. The van der Waals surface area contributed by atoms with E-state index in [-0.39, 0.29) is 11.3 Å². The molecule has 2 aromatic carbocycles. The van der Waals surface area contributed by atoms with Crippen molar-refractivity contribution in [3.8, 4) is 0 Å². The fraction of sp³-hybridized carbons (Fsp3) is 0.0667. The summed E-state index contributed by atoms with van der Waals surface area (Å²) in [6.45, 7) is 0. The molecule has 0 aliphatic heterocycles. The molecule has 0 bridgehead atoms. The van der Waals surface area contributed by atoms with E-state index >= 15 is 0 Å². The maximum atomic E-state index is 13.6. The molecule has 3 rings (SSSR count). The van der Waals surface area contributed by atoms with E-state index in [4.69, 9.17) is 16.0 Å². The molecule has 3 aromatic rings. The van der Waals surface area contributed by atoms with Gasteiger partial charge in [-0.2, -0.15) is 0 Å². The number of rotatable bonds is 2. The molecule has 0 fully saturated rings. The van der Waals surface area contributed by atoms with Gasteiger partial charge >= 0.3 is 0 Å². The van der Waals surface area contributed by atoms with Crippen molar-refractivity contribution in [2.75, 3.05) is 0 Å². The number of para-hydroxylation sites is 1. The zero-order valence-corrected chi connectivity index (χ0v) is 10.6. The van der Waals surface area contributed by atoms with Crippen molar-refractivity contribution >= 4 is 22.6 Å². The predicted molar refractivity (Wildman–Crippen MR) is 71.7 cm³/mol. The molecule has 1 aromatic heterocycles. The summed E-state index contributed by atoms with van der Waals surface area (Å²) >= 11 is 6.00. The second-order valence-electron chi connectivity index (χ2n) is 4.23. The van der Waals surface area contributed by atoms with Gasteiger partial charge in [-0.1, -0.05) is 41.9 Å². The standard InChI is InChI=1S/C15H10ClFO2/c16-11-6-3-4-9-8-13(19-15(9)11)14(18)10-5-1-2-7-12(10)17/h1-8,14,18H. The lowest BCUT2D eigenvalue weighted by molar-refractivity contribution is 0.187. The Hall–Kier alpha value is -1.84. The number of hydrogen-bond donors (Lipinski definition) is 1. The number of aliphatic hydroxyl groups is 1. The average Bonchev–Trinajstić information content (AvgIpc) is 2.84. The quantitative estimate of drug-likeness (QED) is 0.757. The van der Waals surface area contributed by atoms with Crippen LogP contribution in [-0.2, 0) is 0 Å². The SMILES string of the molecule is OC(c1cc2cccc(Cl)c2o1)c1ccccc1F. The van der Waals surface area contributed by atoms with Crippen LogP contribution in [0.25, 0.3) is 11.0 Å². The van der Waals surface area contributed by atoms with Gasteiger partial charge in [-0.3, -0.25) is 0 Å². The van der Waals surface area contributed by atoms with Crippen molar-refractivity contribution in [3.05, 3.63) is 70.7 Å². The van der Waals surface area contributed by atoms with Crippen LogP contribution in [0.4, 0.5) is 4.39 Å². The molecule has 0 aliphatic carbocycles. The van der Waals surface area contributed by atoms with Crippen molar-refractivity contribution in [2.24, 2.45) is 0 Å². The Morgan fingerprint density at radius 1 is 1.11 bits per heavy atom. The minimum atomic E-state index is -1.15. The summed E-state index contributed by atoms with van der Waals surface area (Å²) in [7, 11) is 0. The highest BCUT2D eigenvalue weighted by Gasteiger charge is 2.19. The van der Waals surface area contributed by atoms with Gasteiger partial charge in [-0.15, -0.1) is 0 Å². The molecule has 2 nitrogen and oxygen atoms in total. The Morgan fingerprint density at radius 3 is 2.63 bits per heavy atom. The number of fused-ring (bicyclic) bond motifs is 1. The van der Waals surface area contributed by atoms with Crippen LogP contribution in [0.1, 0.15) is 17.4 Å². The molecule has 0 saturated carbocycles. The molecule has 0 amide bonds. The molecule has 1 unspecified atom stereocenters. The third kappa shape index (κ3) is 2.11. The third-order valence-corrected chi connectivity index (χ3v) is 3.28. The number of aliphatic hydroxyl groups excluding tert-OH is 1. The van der Waals surface area contributed by atoms with Crippen molar-refractivity contribution in [3.63, 3.8) is 0 Å². The van der Waals surface area contributed by atoms with Crippen LogP contribution >= 0.6 is 11.6 Å². The van der Waals surface area contributed by atoms with Gasteiger partial charge in [0, 0.05) is 10.9 Å². The fourth-order valence-corrected chi connectivity index (χ4v) is 2.25. The lowest BCUT2D eigenvalue weighted by atomic mass is 10.1. The Labute approximate surface area is 114 Å². The highest BCUT2D eigenvalue weighted by atomic mass is 35.5. The highest BCUT2D eigenvalue weighted by molar-refractivity contribution is 6.34. The van der Waals surface area contributed by atoms with Crippen LogP contribution in [0.3, 0.4) is 0 Å². The Bertz CT molecular complexity index is 736. The smallest absolute Gasteiger partial charge is 0.153 e. The van der Waals surface area contributed by atoms with E-state index in [2.05, 4.69) is 0 Å². The molecule has 0 spiro atoms. The zero-order chi connectivity index (χ0) is 13.4. The van der Waals surface area contributed by atoms with Crippen LogP contribution in [-0.4, -0.2) is 5.11 Å². The Balaban J connectivity index is 2.10. The normalized spacial score (nSPS) is 12.8. The zero-order valence-electron chi connectivity index (χ0n) is 9.81. The van der Waals surface area contributed by atoms with Crippen LogP contribution in [0.5, 0.6) is 0 Å². The first-order valence-corrected chi connectivity index (χ1v) is 6.15. The molecule has 0 saturated heterocycles. The van der Waals surface area contributed by atoms with Gasteiger partial charge < -0.3 is 9.52 Å². The van der Waals surface area contributed by atoms with Gasteiger partial charge in [0.05, 0.1) is 5.02 Å². The van der Waals surface area contributed by atoms with Crippen LogP contribution in [0.2, 0.25) is 5.02 Å². The maximum absolute atomic E-state index is 13.6. The summed E-state index contributed by atoms with van der Waals surface area (Å²) in [5.74, 6) is -0.199.